The monoisotopic (exact) mass is 301 g/mol. The van der Waals surface area contributed by atoms with Gasteiger partial charge >= 0.3 is 0 Å². The fourth-order valence-corrected chi connectivity index (χ4v) is 2.37. The summed E-state index contributed by atoms with van der Waals surface area (Å²) >= 11 is 7.84. The average Bonchev–Trinajstić information content (AvgIpc) is 2.43. The quantitative estimate of drug-likeness (QED) is 0.877. The van der Waals surface area contributed by atoms with Gasteiger partial charge in [0.05, 0.1) is 10.6 Å². The zero-order valence-corrected chi connectivity index (χ0v) is 13.3. The van der Waals surface area contributed by atoms with E-state index in [9.17, 15) is 4.79 Å². The second-order valence-electron chi connectivity index (χ2n) is 4.35. The fourth-order valence-electron chi connectivity index (χ4n) is 1.61. The second-order valence-corrected chi connectivity index (χ2v) is 5.74. The number of pyridine rings is 1. The van der Waals surface area contributed by atoms with E-state index < -0.39 is 0 Å². The van der Waals surface area contributed by atoms with E-state index >= 15 is 0 Å². The molecule has 0 saturated heterocycles. The first-order chi connectivity index (χ1) is 9.01. The lowest BCUT2D eigenvalue weighted by atomic mass is 10.1. The minimum atomic E-state index is -0.0718. The van der Waals surface area contributed by atoms with E-state index in [0.29, 0.717) is 16.4 Å². The van der Waals surface area contributed by atoms with Crippen LogP contribution in [-0.2, 0) is 0 Å². The maximum absolute atomic E-state index is 12.4. The van der Waals surface area contributed by atoms with Gasteiger partial charge in [-0.3, -0.25) is 4.79 Å². The number of hydrogen-bond donors (Lipinski definition) is 1. The van der Waals surface area contributed by atoms with E-state index in [1.165, 1.54) is 6.20 Å². The molecule has 1 amide bonds. The van der Waals surface area contributed by atoms with Crippen molar-refractivity contribution in [2.75, 3.05) is 31.4 Å². The van der Waals surface area contributed by atoms with E-state index in [0.717, 1.165) is 12.2 Å². The molecule has 0 fully saturated rings. The van der Waals surface area contributed by atoms with Gasteiger partial charge in [0.1, 0.15) is 5.82 Å². The summed E-state index contributed by atoms with van der Waals surface area (Å²) in [6.45, 7) is 2.04. The number of nitrogens with zero attached hydrogens (tertiary/aromatic N) is 2. The maximum Gasteiger partial charge on any atom is 0.255 e. The van der Waals surface area contributed by atoms with Crippen LogP contribution < -0.4 is 5.32 Å². The number of rotatable bonds is 6. The summed E-state index contributed by atoms with van der Waals surface area (Å²) in [6.07, 6.45) is 4.53. The summed E-state index contributed by atoms with van der Waals surface area (Å²) in [5, 5.41) is 3.29. The molecule has 0 saturated carbocycles. The van der Waals surface area contributed by atoms with Gasteiger partial charge < -0.3 is 10.2 Å². The molecule has 19 heavy (non-hydrogen) atoms. The largest absolute Gasteiger partial charge is 0.373 e. The molecule has 0 aromatic carbocycles. The average molecular weight is 302 g/mol. The molecule has 1 unspecified atom stereocenters. The summed E-state index contributed by atoms with van der Waals surface area (Å²) in [7, 11) is 3.57. The molecular formula is C13H20ClN3OS. The van der Waals surface area contributed by atoms with Crippen molar-refractivity contribution >= 4 is 35.1 Å². The number of thioether (sulfide) groups is 1. The normalized spacial score (nSPS) is 12.1. The summed E-state index contributed by atoms with van der Waals surface area (Å²) in [4.78, 5) is 18.2. The van der Waals surface area contributed by atoms with Gasteiger partial charge in [-0.15, -0.1) is 0 Å². The van der Waals surface area contributed by atoms with Gasteiger partial charge in [-0.25, -0.2) is 4.98 Å². The van der Waals surface area contributed by atoms with E-state index in [-0.39, 0.29) is 11.9 Å². The molecule has 0 radical (unpaired) electrons. The smallest absolute Gasteiger partial charge is 0.255 e. The Morgan fingerprint density at radius 1 is 1.63 bits per heavy atom. The molecule has 0 aliphatic heterocycles. The minimum absolute atomic E-state index is 0.0718. The standard InChI is InChI=1S/C13H20ClN3OS/c1-9(5-6-19-4)17(3)13(18)10-7-12(15-2)16-8-11(10)14/h7-9H,5-6H2,1-4H3,(H,15,16). The van der Waals surface area contributed by atoms with Gasteiger partial charge in [-0.1, -0.05) is 11.6 Å². The third-order valence-electron chi connectivity index (χ3n) is 3.06. The van der Waals surface area contributed by atoms with Crippen LogP contribution in [0.15, 0.2) is 12.3 Å². The van der Waals surface area contributed by atoms with E-state index in [1.807, 2.05) is 14.0 Å². The van der Waals surface area contributed by atoms with Crippen molar-refractivity contribution in [3.63, 3.8) is 0 Å². The number of aromatic nitrogens is 1. The van der Waals surface area contributed by atoms with Crippen molar-refractivity contribution < 1.29 is 4.79 Å². The highest BCUT2D eigenvalue weighted by Gasteiger charge is 2.20. The zero-order valence-electron chi connectivity index (χ0n) is 11.7. The van der Waals surface area contributed by atoms with Gasteiger partial charge in [0.15, 0.2) is 0 Å². The predicted molar refractivity (Wildman–Crippen MR) is 83.3 cm³/mol. The van der Waals surface area contributed by atoms with Gasteiger partial charge in [-0.05, 0) is 31.4 Å². The molecule has 1 aromatic rings. The predicted octanol–water partition coefficient (Wildman–Crippen LogP) is 2.99. The number of carbonyl (C=O) groups excluding carboxylic acids is 1. The molecule has 1 rings (SSSR count). The van der Waals surface area contributed by atoms with Gasteiger partial charge in [0.2, 0.25) is 0 Å². The third kappa shape index (κ3) is 4.28. The van der Waals surface area contributed by atoms with Crippen LogP contribution in [0.2, 0.25) is 5.02 Å². The van der Waals surface area contributed by atoms with E-state index in [1.54, 1.807) is 29.8 Å². The Balaban J connectivity index is 2.86. The minimum Gasteiger partial charge on any atom is -0.373 e. The van der Waals surface area contributed by atoms with Crippen molar-refractivity contribution in [3.8, 4) is 0 Å². The molecular weight excluding hydrogens is 282 g/mol. The fraction of sp³-hybridized carbons (Fsp3) is 0.538. The van der Waals surface area contributed by atoms with Crippen molar-refractivity contribution in [1.82, 2.24) is 9.88 Å². The van der Waals surface area contributed by atoms with Crippen LogP contribution in [0.25, 0.3) is 0 Å². The first-order valence-corrected chi connectivity index (χ1v) is 7.87. The van der Waals surface area contributed by atoms with E-state index in [4.69, 9.17) is 11.6 Å². The van der Waals surface area contributed by atoms with Crippen LogP contribution in [0.4, 0.5) is 5.82 Å². The van der Waals surface area contributed by atoms with Crippen LogP contribution in [0.1, 0.15) is 23.7 Å². The summed E-state index contributed by atoms with van der Waals surface area (Å²) < 4.78 is 0. The second kappa shape index (κ2) is 7.60. The highest BCUT2D eigenvalue weighted by atomic mass is 35.5. The Morgan fingerprint density at radius 2 is 2.32 bits per heavy atom. The van der Waals surface area contributed by atoms with Crippen LogP contribution in [0.5, 0.6) is 0 Å². The van der Waals surface area contributed by atoms with Crippen LogP contribution >= 0.6 is 23.4 Å². The van der Waals surface area contributed by atoms with Crippen molar-refractivity contribution in [2.45, 2.75) is 19.4 Å². The number of carbonyl (C=O) groups is 1. The van der Waals surface area contributed by atoms with Gasteiger partial charge in [0.25, 0.3) is 5.91 Å². The highest BCUT2D eigenvalue weighted by Crippen LogP contribution is 2.20. The number of anilines is 1. The lowest BCUT2D eigenvalue weighted by Crippen LogP contribution is -2.35. The summed E-state index contributed by atoms with van der Waals surface area (Å²) in [5.41, 5.74) is 0.486. The first kappa shape index (κ1) is 16.1. The Bertz CT molecular complexity index is 442. The zero-order chi connectivity index (χ0) is 14.4. The highest BCUT2D eigenvalue weighted by molar-refractivity contribution is 7.98. The number of hydrogen-bond acceptors (Lipinski definition) is 4. The first-order valence-electron chi connectivity index (χ1n) is 6.10. The van der Waals surface area contributed by atoms with E-state index in [2.05, 4.69) is 16.6 Å². The van der Waals surface area contributed by atoms with Crippen LogP contribution in [0, 0.1) is 0 Å². The maximum atomic E-state index is 12.4. The summed E-state index contributed by atoms with van der Waals surface area (Å²) in [5.74, 6) is 1.60. The number of nitrogens with one attached hydrogen (secondary N) is 1. The molecule has 1 heterocycles. The lowest BCUT2D eigenvalue weighted by Gasteiger charge is -2.25. The van der Waals surface area contributed by atoms with Crippen molar-refractivity contribution in [2.24, 2.45) is 0 Å². The molecule has 1 aromatic heterocycles. The SMILES string of the molecule is CNc1cc(C(=O)N(C)C(C)CCSC)c(Cl)cn1. The molecule has 0 aliphatic rings. The van der Waals surface area contributed by atoms with Gasteiger partial charge in [-0.2, -0.15) is 11.8 Å². The Hall–Kier alpha value is -0.940. The lowest BCUT2D eigenvalue weighted by molar-refractivity contribution is 0.0741. The molecule has 6 heteroatoms. The Morgan fingerprint density at radius 3 is 2.89 bits per heavy atom. The van der Waals surface area contributed by atoms with Crippen molar-refractivity contribution in [3.05, 3.63) is 22.8 Å². The molecule has 0 aliphatic carbocycles. The summed E-state index contributed by atoms with van der Waals surface area (Å²) in [6, 6.07) is 1.87. The molecule has 4 nitrogen and oxygen atoms in total. The topological polar surface area (TPSA) is 45.2 Å². The third-order valence-corrected chi connectivity index (χ3v) is 4.01. The molecule has 1 atom stereocenters. The number of halogens is 1. The van der Waals surface area contributed by atoms with Gasteiger partial charge in [0, 0.05) is 26.3 Å². The van der Waals surface area contributed by atoms with Crippen LogP contribution in [-0.4, -0.2) is 47.9 Å². The number of amides is 1. The van der Waals surface area contributed by atoms with Crippen LogP contribution in [0.3, 0.4) is 0 Å². The molecule has 0 spiro atoms. The molecule has 106 valence electrons. The van der Waals surface area contributed by atoms with Crippen molar-refractivity contribution in [1.29, 1.82) is 0 Å². The Labute approximate surface area is 123 Å². The molecule has 0 bridgehead atoms. The Kier molecular flexibility index (Phi) is 6.45. The molecule has 1 N–H and O–H groups in total.